The van der Waals surface area contributed by atoms with Gasteiger partial charge in [0, 0.05) is 13.1 Å². The average molecular weight is 362 g/mol. The van der Waals surface area contributed by atoms with Crippen molar-refractivity contribution in [3.05, 3.63) is 0 Å². The van der Waals surface area contributed by atoms with Gasteiger partial charge in [-0.05, 0) is 18.6 Å². The minimum Gasteiger partial charge on any atom is -0.469 e. The molecule has 0 bridgehead atoms. The van der Waals surface area contributed by atoms with Crippen molar-refractivity contribution in [2.24, 2.45) is 5.92 Å². The lowest BCUT2D eigenvalue weighted by Gasteiger charge is -2.30. The van der Waals surface area contributed by atoms with E-state index in [0.717, 1.165) is 14.4 Å². The highest BCUT2D eigenvalue weighted by molar-refractivity contribution is 8.03. The van der Waals surface area contributed by atoms with Gasteiger partial charge in [-0.25, -0.2) is 0 Å². The topological polar surface area (TPSA) is 72.4 Å². The van der Waals surface area contributed by atoms with E-state index in [1.54, 1.807) is 11.8 Å². The normalized spacial score (nSPS) is 15.8. The van der Waals surface area contributed by atoms with Gasteiger partial charge in [-0.2, -0.15) is 0 Å². The molecule has 0 saturated carbocycles. The van der Waals surface area contributed by atoms with Gasteiger partial charge in [0.2, 0.25) is 5.91 Å². The van der Waals surface area contributed by atoms with Gasteiger partial charge < -0.3 is 9.64 Å². The summed E-state index contributed by atoms with van der Waals surface area (Å²) in [7, 11) is 1.41. The molecule has 1 amide bonds. The maximum Gasteiger partial charge on any atom is 0.308 e. The Balaban J connectivity index is 1.74. The molecule has 0 atom stereocenters. The highest BCUT2D eigenvalue weighted by Crippen LogP contribution is 2.29. The maximum atomic E-state index is 12.2. The van der Waals surface area contributed by atoms with Crippen molar-refractivity contribution in [3.63, 3.8) is 0 Å². The molecule has 0 spiro atoms. The van der Waals surface area contributed by atoms with E-state index < -0.39 is 0 Å². The van der Waals surface area contributed by atoms with Crippen molar-refractivity contribution in [2.45, 2.75) is 28.4 Å². The molecule has 22 heavy (non-hydrogen) atoms. The SMILES string of the molecule is CCSc1nnc(SCC(=O)N2CCC(C(=O)OC)CC2)s1. The number of aromatic nitrogens is 2. The highest BCUT2D eigenvalue weighted by atomic mass is 32.2. The zero-order valence-electron chi connectivity index (χ0n) is 12.6. The first-order chi connectivity index (χ1) is 10.6. The molecule has 0 N–H and O–H groups in total. The van der Waals surface area contributed by atoms with Crippen LogP contribution in [0.4, 0.5) is 0 Å². The van der Waals surface area contributed by atoms with Gasteiger partial charge in [0.05, 0.1) is 18.8 Å². The summed E-state index contributed by atoms with van der Waals surface area (Å²) in [5.41, 5.74) is 0. The number of likely N-dealkylation sites (tertiary alicyclic amines) is 1. The van der Waals surface area contributed by atoms with E-state index in [0.29, 0.717) is 31.7 Å². The van der Waals surface area contributed by atoms with E-state index in [1.165, 1.54) is 30.2 Å². The predicted molar refractivity (Wildman–Crippen MR) is 88.4 cm³/mol. The number of piperidine rings is 1. The van der Waals surface area contributed by atoms with E-state index in [1.807, 2.05) is 4.90 Å². The van der Waals surface area contributed by atoms with Crippen LogP contribution in [0.25, 0.3) is 0 Å². The van der Waals surface area contributed by atoms with Crippen LogP contribution in [-0.2, 0) is 14.3 Å². The Hall–Kier alpha value is -0.800. The summed E-state index contributed by atoms with van der Waals surface area (Å²) >= 11 is 4.61. The summed E-state index contributed by atoms with van der Waals surface area (Å²) in [4.78, 5) is 25.5. The lowest BCUT2D eigenvalue weighted by atomic mass is 9.97. The lowest BCUT2D eigenvalue weighted by Crippen LogP contribution is -2.41. The Kier molecular flexibility index (Phi) is 6.97. The number of rotatable bonds is 6. The number of carbonyl (C=O) groups excluding carboxylic acids is 2. The number of hydrogen-bond acceptors (Lipinski definition) is 8. The molecule has 9 heteroatoms. The molecule has 2 heterocycles. The van der Waals surface area contributed by atoms with Crippen molar-refractivity contribution in [1.82, 2.24) is 15.1 Å². The summed E-state index contributed by atoms with van der Waals surface area (Å²) in [6.45, 7) is 3.30. The van der Waals surface area contributed by atoms with E-state index in [9.17, 15) is 9.59 Å². The molecule has 1 saturated heterocycles. The summed E-state index contributed by atoms with van der Waals surface area (Å²) in [6, 6.07) is 0. The molecular formula is C13H19N3O3S3. The van der Waals surface area contributed by atoms with Crippen LogP contribution in [-0.4, -0.2) is 58.7 Å². The summed E-state index contributed by atoms with van der Waals surface area (Å²) < 4.78 is 6.52. The van der Waals surface area contributed by atoms with Gasteiger partial charge in [0.15, 0.2) is 8.68 Å². The smallest absolute Gasteiger partial charge is 0.308 e. The number of thioether (sulfide) groups is 2. The molecule has 0 radical (unpaired) electrons. The number of amides is 1. The van der Waals surface area contributed by atoms with Crippen molar-refractivity contribution < 1.29 is 14.3 Å². The molecule has 1 aromatic rings. The summed E-state index contributed by atoms with van der Waals surface area (Å²) in [5, 5.41) is 8.15. The van der Waals surface area contributed by atoms with Crippen molar-refractivity contribution in [2.75, 3.05) is 31.7 Å². The van der Waals surface area contributed by atoms with Crippen LogP contribution in [0.2, 0.25) is 0 Å². The molecule has 1 aliphatic rings. The predicted octanol–water partition coefficient (Wildman–Crippen LogP) is 2.15. The number of nitrogens with zero attached hydrogens (tertiary/aromatic N) is 3. The van der Waals surface area contributed by atoms with E-state index in [4.69, 9.17) is 4.74 Å². The van der Waals surface area contributed by atoms with Gasteiger partial charge in [0.1, 0.15) is 0 Å². The van der Waals surface area contributed by atoms with Crippen molar-refractivity contribution in [1.29, 1.82) is 0 Å². The number of methoxy groups -OCH3 is 1. The third-order valence-corrected chi connectivity index (χ3v) is 6.41. The quantitative estimate of drug-likeness (QED) is 0.568. The second-order valence-corrected chi connectivity index (χ2v) is 8.44. The Morgan fingerprint density at radius 1 is 1.27 bits per heavy atom. The Morgan fingerprint density at radius 2 is 1.91 bits per heavy atom. The number of esters is 1. The van der Waals surface area contributed by atoms with Gasteiger partial charge in [0.25, 0.3) is 0 Å². The fraction of sp³-hybridized carbons (Fsp3) is 0.692. The molecule has 0 unspecified atom stereocenters. The van der Waals surface area contributed by atoms with Crippen LogP contribution < -0.4 is 0 Å². The van der Waals surface area contributed by atoms with Crippen LogP contribution in [0.15, 0.2) is 8.68 Å². The van der Waals surface area contributed by atoms with E-state index >= 15 is 0 Å². The van der Waals surface area contributed by atoms with Gasteiger partial charge in [-0.15, -0.1) is 10.2 Å². The zero-order chi connectivity index (χ0) is 15.9. The highest BCUT2D eigenvalue weighted by Gasteiger charge is 2.27. The molecule has 122 valence electrons. The average Bonchev–Trinajstić information content (AvgIpc) is 3.00. The summed E-state index contributed by atoms with van der Waals surface area (Å²) in [5.74, 6) is 1.18. The molecule has 0 aromatic carbocycles. The first-order valence-corrected chi connectivity index (χ1v) is 9.87. The van der Waals surface area contributed by atoms with Crippen LogP contribution in [0.3, 0.4) is 0 Å². The van der Waals surface area contributed by atoms with Crippen molar-refractivity contribution in [3.8, 4) is 0 Å². The molecule has 1 aliphatic heterocycles. The third kappa shape index (κ3) is 4.85. The molecule has 1 fully saturated rings. The van der Waals surface area contributed by atoms with E-state index in [2.05, 4.69) is 17.1 Å². The first-order valence-electron chi connectivity index (χ1n) is 7.08. The molecular weight excluding hydrogens is 342 g/mol. The van der Waals surface area contributed by atoms with Crippen LogP contribution >= 0.6 is 34.9 Å². The van der Waals surface area contributed by atoms with Crippen LogP contribution in [0, 0.1) is 5.92 Å². The van der Waals surface area contributed by atoms with Gasteiger partial charge in [-0.3, -0.25) is 9.59 Å². The minimum absolute atomic E-state index is 0.0708. The van der Waals surface area contributed by atoms with Gasteiger partial charge in [-0.1, -0.05) is 41.8 Å². The standard InChI is InChI=1S/C13H19N3O3S3/c1-3-20-12-14-15-13(22-12)21-8-10(17)16-6-4-9(5-7-16)11(18)19-2/h9H,3-8H2,1-2H3. The number of carbonyl (C=O) groups is 2. The van der Waals surface area contributed by atoms with Crippen molar-refractivity contribution >= 4 is 46.7 Å². The second kappa shape index (κ2) is 8.73. The minimum atomic E-state index is -0.170. The van der Waals surface area contributed by atoms with Crippen LogP contribution in [0.5, 0.6) is 0 Å². The Labute approximate surface area is 142 Å². The molecule has 1 aromatic heterocycles. The molecule has 6 nitrogen and oxygen atoms in total. The molecule has 2 rings (SSSR count). The van der Waals surface area contributed by atoms with Crippen LogP contribution in [0.1, 0.15) is 19.8 Å². The Bertz CT molecular complexity index is 516. The lowest BCUT2D eigenvalue weighted by molar-refractivity contribution is -0.148. The first kappa shape index (κ1) is 17.6. The zero-order valence-corrected chi connectivity index (χ0v) is 15.1. The van der Waals surface area contributed by atoms with Gasteiger partial charge >= 0.3 is 5.97 Å². The third-order valence-electron chi connectivity index (χ3n) is 3.36. The summed E-state index contributed by atoms with van der Waals surface area (Å²) in [6.07, 6.45) is 1.36. The Morgan fingerprint density at radius 3 is 2.50 bits per heavy atom. The van der Waals surface area contributed by atoms with E-state index in [-0.39, 0.29) is 17.8 Å². The second-order valence-electron chi connectivity index (χ2n) is 4.73. The monoisotopic (exact) mass is 361 g/mol. The molecule has 0 aliphatic carbocycles. The largest absolute Gasteiger partial charge is 0.469 e. The number of ether oxygens (including phenoxy) is 1. The fourth-order valence-electron chi connectivity index (χ4n) is 2.18. The maximum absolute atomic E-state index is 12.2. The number of hydrogen-bond donors (Lipinski definition) is 0. The fourth-order valence-corrected chi connectivity index (χ4v) is 5.00.